The number of aromatic nitrogens is 1. The third kappa shape index (κ3) is 8.88. The van der Waals surface area contributed by atoms with E-state index in [1.54, 1.807) is 16.8 Å². The molecule has 0 fully saturated rings. The van der Waals surface area contributed by atoms with Gasteiger partial charge in [-0.3, -0.25) is 14.5 Å². The lowest BCUT2D eigenvalue weighted by Gasteiger charge is -2.28. The standard InChI is InChI=1S/C22H30N4O3S.CH2F2/c1-6-7-12-26(21(28)19(14(2)3)24-16(5)27)22(29)25-18-10-8-17(9-11-18)20-15(4)23-13-30-20;2-1-3/h8-11,13-14,19H,6-7,12H2,1-5H3,(H,24,27)(H,25,29);1H2. The molecule has 1 atom stereocenters. The molecule has 1 aromatic carbocycles. The first kappa shape index (κ1) is 28.2. The average molecular weight is 483 g/mol. The van der Waals surface area contributed by atoms with Crippen LogP contribution in [0, 0.1) is 12.8 Å². The second-order valence-electron chi connectivity index (χ2n) is 7.64. The third-order valence-corrected chi connectivity index (χ3v) is 5.66. The fourth-order valence-corrected chi connectivity index (χ4v) is 3.81. The van der Waals surface area contributed by atoms with Crippen molar-refractivity contribution in [1.29, 1.82) is 0 Å². The van der Waals surface area contributed by atoms with Crippen LogP contribution in [0.1, 0.15) is 46.2 Å². The van der Waals surface area contributed by atoms with E-state index in [0.29, 0.717) is 18.7 Å². The number of anilines is 1. The number of nitrogens with one attached hydrogen (secondary N) is 2. The average Bonchev–Trinajstić information content (AvgIpc) is 3.18. The molecule has 1 unspecified atom stereocenters. The molecule has 0 saturated heterocycles. The Morgan fingerprint density at radius 3 is 2.21 bits per heavy atom. The first-order valence-electron chi connectivity index (χ1n) is 10.7. The summed E-state index contributed by atoms with van der Waals surface area (Å²) in [7, 11) is 0. The van der Waals surface area contributed by atoms with Gasteiger partial charge >= 0.3 is 6.03 Å². The number of carbonyl (C=O) groups excluding carboxylic acids is 3. The van der Waals surface area contributed by atoms with E-state index in [1.165, 1.54) is 11.8 Å². The number of urea groups is 1. The number of carbonyl (C=O) groups is 3. The zero-order chi connectivity index (χ0) is 25.0. The van der Waals surface area contributed by atoms with Crippen molar-refractivity contribution in [1.82, 2.24) is 15.2 Å². The van der Waals surface area contributed by atoms with Gasteiger partial charge in [0.1, 0.15) is 6.04 Å². The van der Waals surface area contributed by atoms with Crippen molar-refractivity contribution in [2.75, 3.05) is 18.8 Å². The second-order valence-corrected chi connectivity index (χ2v) is 8.50. The molecule has 0 aliphatic rings. The molecular weight excluding hydrogens is 450 g/mol. The van der Waals surface area contributed by atoms with E-state index in [1.807, 2.05) is 52.0 Å². The zero-order valence-corrected chi connectivity index (χ0v) is 20.5. The summed E-state index contributed by atoms with van der Waals surface area (Å²) in [5, 5.41) is 5.48. The van der Waals surface area contributed by atoms with Gasteiger partial charge in [0.15, 0.2) is 0 Å². The molecule has 0 aliphatic carbocycles. The number of rotatable bonds is 8. The molecule has 2 aromatic rings. The van der Waals surface area contributed by atoms with Crippen molar-refractivity contribution in [3.63, 3.8) is 0 Å². The lowest BCUT2D eigenvalue weighted by Crippen LogP contribution is -2.53. The van der Waals surface area contributed by atoms with Crippen LogP contribution in [0.5, 0.6) is 0 Å². The molecule has 0 aliphatic heterocycles. The minimum Gasteiger partial charge on any atom is -0.344 e. The Morgan fingerprint density at radius 2 is 1.76 bits per heavy atom. The van der Waals surface area contributed by atoms with Crippen LogP contribution in [0.3, 0.4) is 0 Å². The van der Waals surface area contributed by atoms with Gasteiger partial charge < -0.3 is 10.6 Å². The number of unbranched alkanes of at least 4 members (excludes halogenated alkanes) is 1. The normalized spacial score (nSPS) is 11.3. The number of hydrogen-bond acceptors (Lipinski definition) is 5. The Balaban J connectivity index is 0.00000172. The van der Waals surface area contributed by atoms with Crippen molar-refractivity contribution >= 4 is 34.9 Å². The Kier molecular flexibility index (Phi) is 12.2. The van der Waals surface area contributed by atoms with Gasteiger partial charge in [0, 0.05) is 19.2 Å². The zero-order valence-electron chi connectivity index (χ0n) is 19.7. The summed E-state index contributed by atoms with van der Waals surface area (Å²) >= 11 is 1.57. The van der Waals surface area contributed by atoms with E-state index in [0.717, 1.165) is 22.6 Å². The van der Waals surface area contributed by atoms with Crippen LogP contribution in [0.15, 0.2) is 29.8 Å². The summed E-state index contributed by atoms with van der Waals surface area (Å²) in [5.74, 6) is -0.838. The SMILES string of the molecule is CCCCN(C(=O)Nc1ccc(-c2scnc2C)cc1)C(=O)C(NC(C)=O)C(C)C.FCF. The van der Waals surface area contributed by atoms with Gasteiger partial charge in [-0.25, -0.2) is 18.6 Å². The summed E-state index contributed by atoms with van der Waals surface area (Å²) < 4.78 is 19.2. The largest absolute Gasteiger partial charge is 0.344 e. The first-order chi connectivity index (χ1) is 15.7. The smallest absolute Gasteiger partial charge is 0.328 e. The van der Waals surface area contributed by atoms with Crippen LogP contribution >= 0.6 is 11.3 Å². The van der Waals surface area contributed by atoms with Crippen molar-refractivity contribution in [2.45, 2.75) is 53.5 Å². The number of alkyl halides is 2. The number of nitrogens with zero attached hydrogens (tertiary/aromatic N) is 2. The Labute approximate surface area is 197 Å². The molecule has 4 amide bonds. The molecule has 182 valence electrons. The van der Waals surface area contributed by atoms with Crippen molar-refractivity contribution in [2.24, 2.45) is 5.92 Å². The molecule has 0 radical (unpaired) electrons. The monoisotopic (exact) mass is 482 g/mol. The van der Waals surface area contributed by atoms with Crippen molar-refractivity contribution in [3.05, 3.63) is 35.5 Å². The molecule has 2 rings (SSSR count). The molecule has 10 heteroatoms. The van der Waals surface area contributed by atoms with Crippen LogP contribution in [0.2, 0.25) is 0 Å². The van der Waals surface area contributed by atoms with E-state index in [4.69, 9.17) is 0 Å². The van der Waals surface area contributed by atoms with E-state index in [-0.39, 0.29) is 11.8 Å². The quantitative estimate of drug-likeness (QED) is 0.533. The van der Waals surface area contributed by atoms with Crippen LogP contribution in [0.4, 0.5) is 19.3 Å². The molecular formula is C23H32F2N4O3S. The molecule has 0 spiro atoms. The maximum atomic E-state index is 13.0. The highest BCUT2D eigenvalue weighted by molar-refractivity contribution is 7.13. The molecule has 2 N–H and O–H groups in total. The maximum absolute atomic E-state index is 13.0. The van der Waals surface area contributed by atoms with E-state index < -0.39 is 24.9 Å². The van der Waals surface area contributed by atoms with Gasteiger partial charge in [-0.1, -0.05) is 39.3 Å². The van der Waals surface area contributed by atoms with Gasteiger partial charge in [0.2, 0.25) is 12.8 Å². The van der Waals surface area contributed by atoms with Gasteiger partial charge in [-0.2, -0.15) is 0 Å². The van der Waals surface area contributed by atoms with E-state index >= 15 is 0 Å². The van der Waals surface area contributed by atoms with Gasteiger partial charge in [-0.15, -0.1) is 11.3 Å². The highest BCUT2D eigenvalue weighted by atomic mass is 32.1. The molecule has 33 heavy (non-hydrogen) atoms. The second kappa shape index (κ2) is 14.3. The number of imide groups is 1. The maximum Gasteiger partial charge on any atom is 0.328 e. The molecule has 7 nitrogen and oxygen atoms in total. The van der Waals surface area contributed by atoms with Crippen molar-refractivity contribution in [3.8, 4) is 10.4 Å². The summed E-state index contributed by atoms with van der Waals surface area (Å²) in [5.41, 5.74) is 4.39. The molecule has 1 aromatic heterocycles. The minimum atomic E-state index is -1.75. The highest BCUT2D eigenvalue weighted by Crippen LogP contribution is 2.28. The Bertz CT molecular complexity index is 903. The van der Waals surface area contributed by atoms with E-state index in [2.05, 4.69) is 15.6 Å². The summed E-state index contributed by atoms with van der Waals surface area (Å²) in [6, 6.07) is 6.21. The number of thiazole rings is 1. The summed E-state index contributed by atoms with van der Waals surface area (Å²) in [6.45, 7) is 7.55. The highest BCUT2D eigenvalue weighted by Gasteiger charge is 2.31. The van der Waals surface area contributed by atoms with Crippen LogP contribution in [-0.2, 0) is 9.59 Å². The van der Waals surface area contributed by atoms with Crippen molar-refractivity contribution < 1.29 is 23.2 Å². The van der Waals surface area contributed by atoms with E-state index in [9.17, 15) is 23.2 Å². The first-order valence-corrected chi connectivity index (χ1v) is 11.6. The fraction of sp³-hybridized carbons (Fsp3) is 0.478. The lowest BCUT2D eigenvalue weighted by atomic mass is 10.0. The molecule has 0 bridgehead atoms. The van der Waals surface area contributed by atoms with Crippen LogP contribution in [0.25, 0.3) is 10.4 Å². The Hall–Kier alpha value is -2.88. The number of hydrogen-bond donors (Lipinski definition) is 2. The summed E-state index contributed by atoms with van der Waals surface area (Å²) in [6.07, 6.45) is 1.53. The predicted octanol–water partition coefficient (Wildman–Crippen LogP) is 5.32. The number of halogens is 2. The van der Waals surface area contributed by atoms with Gasteiger partial charge in [0.25, 0.3) is 5.91 Å². The fourth-order valence-electron chi connectivity index (χ4n) is 3.00. The third-order valence-electron chi connectivity index (χ3n) is 4.68. The van der Waals surface area contributed by atoms with Crippen LogP contribution < -0.4 is 10.6 Å². The van der Waals surface area contributed by atoms with Gasteiger partial charge in [0.05, 0.1) is 16.1 Å². The number of amides is 4. The predicted molar refractivity (Wildman–Crippen MR) is 127 cm³/mol. The molecule has 0 saturated carbocycles. The molecule has 1 heterocycles. The number of aryl methyl sites for hydroxylation is 1. The van der Waals surface area contributed by atoms with Crippen LogP contribution in [-0.4, -0.2) is 47.2 Å². The number of benzene rings is 1. The minimum absolute atomic E-state index is 0.139. The summed E-state index contributed by atoms with van der Waals surface area (Å²) in [4.78, 5) is 44.0. The Morgan fingerprint density at radius 1 is 1.15 bits per heavy atom. The van der Waals surface area contributed by atoms with Gasteiger partial charge in [-0.05, 0) is 37.0 Å². The lowest BCUT2D eigenvalue weighted by molar-refractivity contribution is -0.134. The topological polar surface area (TPSA) is 91.4 Å².